The zero-order chi connectivity index (χ0) is 19.7. The molecule has 0 aliphatic heterocycles. The Morgan fingerprint density at radius 1 is 1.15 bits per heavy atom. The third-order valence-electron chi connectivity index (χ3n) is 3.29. The molecule has 0 atom stereocenters. The van der Waals surface area contributed by atoms with Gasteiger partial charge in [0.15, 0.2) is 11.4 Å². The van der Waals surface area contributed by atoms with Crippen LogP contribution in [0.2, 0.25) is 0 Å². The Kier molecular flexibility index (Phi) is 4.74. The summed E-state index contributed by atoms with van der Waals surface area (Å²) in [5.41, 5.74) is -6.16. The number of aromatic nitrogens is 3. The summed E-state index contributed by atoms with van der Waals surface area (Å²) in [6.45, 7) is -0.0408. The number of benzene rings is 1. The molecule has 2 aromatic heterocycles. The minimum absolute atomic E-state index is 0.0408. The van der Waals surface area contributed by atoms with Crippen LogP contribution in [0.25, 0.3) is 11.0 Å². The molecule has 0 saturated carbocycles. The number of hydrogen-bond donors (Lipinski definition) is 0. The summed E-state index contributed by atoms with van der Waals surface area (Å²) in [5.74, 6) is -0.854. The van der Waals surface area contributed by atoms with Gasteiger partial charge in [0.05, 0.1) is 11.5 Å². The number of pyridine rings is 1. The Balaban J connectivity index is 2.04. The van der Waals surface area contributed by atoms with Gasteiger partial charge in [0, 0.05) is 6.20 Å². The lowest BCUT2D eigenvalue weighted by molar-refractivity contribution is -0.0499. The molecule has 3 aromatic rings. The third-order valence-corrected chi connectivity index (χ3v) is 4.26. The number of halogens is 3. The van der Waals surface area contributed by atoms with E-state index in [0.29, 0.717) is 11.6 Å². The minimum Gasteiger partial charge on any atom is -0.404 e. The van der Waals surface area contributed by atoms with Crippen LogP contribution in [0, 0.1) is 0 Å². The zero-order valence-corrected chi connectivity index (χ0v) is 14.1. The number of nitrogens with zero attached hydrogens (tertiary/aromatic N) is 3. The highest BCUT2D eigenvalue weighted by Crippen LogP contribution is 2.29. The second-order valence-corrected chi connectivity index (χ2v) is 6.68. The highest BCUT2D eigenvalue weighted by atomic mass is 32.2. The molecule has 0 radical (unpaired) electrons. The van der Waals surface area contributed by atoms with Crippen LogP contribution in [0.15, 0.2) is 53.7 Å². The number of rotatable bonds is 5. The maximum atomic E-state index is 12.6. The van der Waals surface area contributed by atoms with Gasteiger partial charge < -0.3 is 9.02 Å². The fourth-order valence-corrected chi connectivity index (χ4v) is 2.55. The first-order chi connectivity index (χ1) is 12.7. The molecule has 8 nitrogen and oxygen atoms in total. The first kappa shape index (κ1) is 18.6. The second-order valence-electron chi connectivity index (χ2n) is 5.14. The molecule has 0 spiro atoms. The van der Waals surface area contributed by atoms with Crippen LogP contribution in [0.4, 0.5) is 13.2 Å². The van der Waals surface area contributed by atoms with E-state index in [2.05, 4.69) is 14.2 Å². The molecule has 0 unspecified atom stereocenters. The van der Waals surface area contributed by atoms with Crippen molar-refractivity contribution in [2.24, 2.45) is 0 Å². The van der Waals surface area contributed by atoms with Gasteiger partial charge in [-0.1, -0.05) is 30.3 Å². The summed E-state index contributed by atoms with van der Waals surface area (Å²) in [5, 5.41) is -0.252. The van der Waals surface area contributed by atoms with Crippen LogP contribution < -0.4 is 14.6 Å². The van der Waals surface area contributed by atoms with Crippen LogP contribution in [0.1, 0.15) is 5.56 Å². The van der Waals surface area contributed by atoms with E-state index >= 15 is 0 Å². The maximum absolute atomic E-state index is 12.6. The van der Waals surface area contributed by atoms with Gasteiger partial charge in [0.25, 0.3) is 5.56 Å². The van der Waals surface area contributed by atoms with Gasteiger partial charge in [-0.15, -0.1) is 4.73 Å². The lowest BCUT2D eigenvalue weighted by Crippen LogP contribution is -2.31. The average Bonchev–Trinajstić information content (AvgIpc) is 2.61. The van der Waals surface area contributed by atoms with Crippen molar-refractivity contribution < 1.29 is 30.6 Å². The van der Waals surface area contributed by atoms with Crippen molar-refractivity contribution in [2.75, 3.05) is 0 Å². The number of fused-ring (bicyclic) bond motifs is 1. The maximum Gasteiger partial charge on any atom is 0.534 e. The van der Waals surface area contributed by atoms with Crippen LogP contribution in [0.5, 0.6) is 5.75 Å². The topological polar surface area (TPSA) is 100 Å². The van der Waals surface area contributed by atoms with Crippen LogP contribution in [-0.2, 0) is 16.7 Å². The average molecular weight is 401 g/mol. The Morgan fingerprint density at radius 2 is 1.85 bits per heavy atom. The molecule has 27 heavy (non-hydrogen) atoms. The minimum atomic E-state index is -5.97. The SMILES string of the molecule is O=c1cc(OS(=O)(=O)C(F)(F)F)c2cncnc2n1OCc1ccccc1. The van der Waals surface area contributed by atoms with Crippen molar-refractivity contribution in [2.45, 2.75) is 12.1 Å². The Hall–Kier alpha value is -3.15. The van der Waals surface area contributed by atoms with Crippen molar-refractivity contribution in [3.05, 3.63) is 64.8 Å². The fraction of sp³-hybridized carbons (Fsp3) is 0.133. The van der Waals surface area contributed by atoms with Crippen molar-refractivity contribution in [1.29, 1.82) is 0 Å². The molecule has 0 aliphatic carbocycles. The van der Waals surface area contributed by atoms with Crippen LogP contribution in [-0.4, -0.2) is 28.6 Å². The predicted molar refractivity (Wildman–Crippen MR) is 86.1 cm³/mol. The molecule has 2 heterocycles. The van der Waals surface area contributed by atoms with Gasteiger partial charge in [-0.25, -0.2) is 9.97 Å². The lowest BCUT2D eigenvalue weighted by atomic mass is 10.2. The molecule has 0 amide bonds. The van der Waals surface area contributed by atoms with Gasteiger partial charge in [0.1, 0.15) is 12.9 Å². The molecular weight excluding hydrogens is 391 g/mol. The van der Waals surface area contributed by atoms with Crippen LogP contribution >= 0.6 is 0 Å². The summed E-state index contributed by atoms with van der Waals surface area (Å²) in [6.07, 6.45) is 2.03. The van der Waals surface area contributed by atoms with Crippen molar-refractivity contribution in [3.63, 3.8) is 0 Å². The molecule has 1 aromatic carbocycles. The first-order valence-corrected chi connectivity index (χ1v) is 8.63. The standard InChI is InChI=1S/C15H10F3N3O5S/c16-15(17,18)27(23,24)26-12-6-13(22)21(14-11(12)7-19-9-20-14)25-8-10-4-2-1-3-5-10/h1-7,9H,8H2. The smallest absolute Gasteiger partial charge is 0.404 e. The lowest BCUT2D eigenvalue weighted by Gasteiger charge is -2.14. The first-order valence-electron chi connectivity index (χ1n) is 7.23. The zero-order valence-electron chi connectivity index (χ0n) is 13.3. The van der Waals surface area contributed by atoms with E-state index in [1.165, 1.54) is 0 Å². The van der Waals surface area contributed by atoms with Crippen molar-refractivity contribution in [1.82, 2.24) is 14.7 Å². The predicted octanol–water partition coefficient (Wildman–Crippen LogP) is 1.65. The summed E-state index contributed by atoms with van der Waals surface area (Å²) < 4.78 is 64.9. The van der Waals surface area contributed by atoms with E-state index in [4.69, 9.17) is 4.84 Å². The molecule has 0 saturated heterocycles. The molecule has 0 fully saturated rings. The van der Waals surface area contributed by atoms with E-state index in [9.17, 15) is 26.4 Å². The van der Waals surface area contributed by atoms with Gasteiger partial charge in [0.2, 0.25) is 0 Å². The monoisotopic (exact) mass is 401 g/mol. The van der Waals surface area contributed by atoms with Gasteiger partial charge in [-0.05, 0) is 5.56 Å². The summed E-state index contributed by atoms with van der Waals surface area (Å²) in [7, 11) is -5.97. The largest absolute Gasteiger partial charge is 0.534 e. The van der Waals surface area contributed by atoms with Gasteiger partial charge >= 0.3 is 15.6 Å². The van der Waals surface area contributed by atoms with Gasteiger partial charge in [-0.3, -0.25) is 4.79 Å². The summed E-state index contributed by atoms with van der Waals surface area (Å²) >= 11 is 0. The molecule has 12 heteroatoms. The summed E-state index contributed by atoms with van der Waals surface area (Å²) in [6, 6.07) is 9.30. The van der Waals surface area contributed by atoms with E-state index in [1.807, 2.05) is 0 Å². The number of hydrogen-bond acceptors (Lipinski definition) is 7. The quantitative estimate of drug-likeness (QED) is 0.473. The highest BCUT2D eigenvalue weighted by Gasteiger charge is 2.48. The van der Waals surface area contributed by atoms with E-state index in [0.717, 1.165) is 17.3 Å². The van der Waals surface area contributed by atoms with E-state index in [-0.39, 0.29) is 17.6 Å². The molecule has 0 N–H and O–H groups in total. The molecule has 3 rings (SSSR count). The Morgan fingerprint density at radius 3 is 2.52 bits per heavy atom. The third kappa shape index (κ3) is 3.84. The molecule has 0 aliphatic rings. The van der Waals surface area contributed by atoms with Gasteiger partial charge in [-0.2, -0.15) is 21.6 Å². The fourth-order valence-electron chi connectivity index (χ4n) is 2.08. The van der Waals surface area contributed by atoms with Crippen molar-refractivity contribution >= 4 is 21.2 Å². The molecule has 0 bridgehead atoms. The second kappa shape index (κ2) is 6.87. The normalized spacial score (nSPS) is 12.1. The molecular formula is C15H10F3N3O5S. The summed E-state index contributed by atoms with van der Waals surface area (Å²) in [4.78, 5) is 25.0. The molecule has 142 valence electrons. The van der Waals surface area contributed by atoms with Crippen LogP contribution in [0.3, 0.4) is 0 Å². The Labute approximate surface area is 149 Å². The Bertz CT molecular complexity index is 1130. The highest BCUT2D eigenvalue weighted by molar-refractivity contribution is 7.88. The number of alkyl halides is 3. The van der Waals surface area contributed by atoms with E-state index in [1.54, 1.807) is 30.3 Å². The van der Waals surface area contributed by atoms with E-state index < -0.39 is 26.9 Å². The van der Waals surface area contributed by atoms with Crippen molar-refractivity contribution in [3.8, 4) is 5.75 Å².